The molecule has 2 aliphatic rings. The van der Waals surface area contributed by atoms with Crippen LogP contribution in [0.25, 0.3) is 5.57 Å². The summed E-state index contributed by atoms with van der Waals surface area (Å²) >= 11 is 0. The second-order valence-electron chi connectivity index (χ2n) is 8.03. The van der Waals surface area contributed by atoms with E-state index in [0.717, 1.165) is 24.0 Å². The van der Waals surface area contributed by atoms with E-state index in [2.05, 4.69) is 15.3 Å². The number of methoxy groups -OCH3 is 1. The first-order chi connectivity index (χ1) is 15.8. The number of halogens is 3. The molecule has 0 amide bonds. The van der Waals surface area contributed by atoms with Crippen LogP contribution in [0.3, 0.4) is 0 Å². The van der Waals surface area contributed by atoms with E-state index in [9.17, 15) is 18.0 Å². The predicted octanol–water partition coefficient (Wildman–Crippen LogP) is 5.02. The molecule has 33 heavy (non-hydrogen) atoms. The van der Waals surface area contributed by atoms with Gasteiger partial charge in [0, 0.05) is 11.5 Å². The van der Waals surface area contributed by atoms with Gasteiger partial charge in [0.05, 0.1) is 37.9 Å². The number of nitrogens with zero attached hydrogens (tertiary/aromatic N) is 2. The number of aromatic nitrogens is 2. The van der Waals surface area contributed by atoms with Gasteiger partial charge in [-0.2, -0.15) is 13.2 Å². The van der Waals surface area contributed by atoms with E-state index < -0.39 is 18.8 Å². The Balaban J connectivity index is 1.76. The Kier molecular flexibility index (Phi) is 6.55. The lowest BCUT2D eigenvalue weighted by atomic mass is 9.95. The second kappa shape index (κ2) is 9.38. The van der Waals surface area contributed by atoms with Crippen LogP contribution in [-0.4, -0.2) is 49.0 Å². The molecule has 1 aromatic heterocycles. The summed E-state index contributed by atoms with van der Waals surface area (Å²) < 4.78 is 54.7. The zero-order valence-corrected chi connectivity index (χ0v) is 18.3. The lowest BCUT2D eigenvalue weighted by molar-refractivity contribution is -0.153. The van der Waals surface area contributed by atoms with Gasteiger partial charge in [-0.25, -0.2) is 14.8 Å². The van der Waals surface area contributed by atoms with Gasteiger partial charge in [-0.1, -0.05) is 12.1 Å². The lowest BCUT2D eigenvalue weighted by Crippen LogP contribution is -2.21. The number of carbonyl (C=O) groups excluding carboxylic acids is 1. The average Bonchev–Trinajstić information content (AvgIpc) is 3.63. The van der Waals surface area contributed by atoms with Crippen molar-refractivity contribution < 1.29 is 32.2 Å². The van der Waals surface area contributed by atoms with Gasteiger partial charge in [0.15, 0.2) is 23.9 Å². The number of nitrogens with one attached hydrogen (secondary N) is 1. The number of hydrogen-bond donors (Lipinski definition) is 1. The van der Waals surface area contributed by atoms with Gasteiger partial charge in [0.25, 0.3) is 0 Å². The maximum Gasteiger partial charge on any atom is 0.422 e. The van der Waals surface area contributed by atoms with Crippen molar-refractivity contribution in [3.63, 3.8) is 0 Å². The third-order valence-electron chi connectivity index (χ3n) is 5.47. The summed E-state index contributed by atoms with van der Waals surface area (Å²) in [6, 6.07) is 4.99. The highest BCUT2D eigenvalue weighted by Gasteiger charge is 2.31. The van der Waals surface area contributed by atoms with Gasteiger partial charge < -0.3 is 19.5 Å². The highest BCUT2D eigenvalue weighted by molar-refractivity contribution is 5.94. The maximum absolute atomic E-state index is 13.0. The molecule has 10 heteroatoms. The molecule has 2 aromatic rings. The zero-order chi connectivity index (χ0) is 23.6. The number of esters is 1. The number of alkyl halides is 3. The molecule has 0 atom stereocenters. The van der Waals surface area contributed by atoms with Crippen molar-refractivity contribution >= 4 is 23.0 Å². The molecule has 1 aliphatic heterocycles. The Morgan fingerprint density at radius 3 is 2.76 bits per heavy atom. The van der Waals surface area contributed by atoms with Crippen molar-refractivity contribution in [2.24, 2.45) is 0 Å². The molecule has 0 bridgehead atoms. The molecular formula is C23H24F3N3O4. The van der Waals surface area contributed by atoms with Crippen molar-refractivity contribution in [2.45, 2.75) is 38.3 Å². The summed E-state index contributed by atoms with van der Waals surface area (Å²) in [6.45, 7) is 1.27. The van der Waals surface area contributed by atoms with Gasteiger partial charge in [0.1, 0.15) is 0 Å². The summed E-state index contributed by atoms with van der Waals surface area (Å²) in [5, 5.41) is 2.95. The maximum atomic E-state index is 13.0. The van der Waals surface area contributed by atoms with Crippen LogP contribution in [0.5, 0.6) is 5.75 Å². The highest BCUT2D eigenvalue weighted by atomic mass is 19.4. The largest absolute Gasteiger partial charge is 0.481 e. The van der Waals surface area contributed by atoms with Gasteiger partial charge >= 0.3 is 12.1 Å². The fourth-order valence-electron chi connectivity index (χ4n) is 3.68. The standard InChI is InChI=1S/C23H24F3N3O4/c1-13-11-32-9-8-15(13)16-4-3-5-17(20(16)33-12-23(24,25)26)29-21-19(22(30)31-2)28-18(10-27-21)14-6-7-14/h3-5,10,14H,6-9,11-12H2,1-2H3,(H,27,29). The summed E-state index contributed by atoms with van der Waals surface area (Å²) in [6.07, 6.45) is -0.472. The molecule has 7 nitrogen and oxygen atoms in total. The summed E-state index contributed by atoms with van der Waals surface area (Å²) in [4.78, 5) is 21.1. The van der Waals surface area contributed by atoms with Crippen LogP contribution in [0.1, 0.15) is 53.8 Å². The Bertz CT molecular complexity index is 1080. The van der Waals surface area contributed by atoms with E-state index in [1.807, 2.05) is 6.92 Å². The Morgan fingerprint density at radius 1 is 1.30 bits per heavy atom. The fourth-order valence-corrected chi connectivity index (χ4v) is 3.68. The molecule has 1 aliphatic carbocycles. The van der Waals surface area contributed by atoms with Crippen molar-refractivity contribution in [3.8, 4) is 5.75 Å². The van der Waals surface area contributed by atoms with Crippen LogP contribution < -0.4 is 10.1 Å². The van der Waals surface area contributed by atoms with Crippen molar-refractivity contribution in [1.29, 1.82) is 0 Å². The number of anilines is 2. The van der Waals surface area contributed by atoms with E-state index in [-0.39, 0.29) is 28.9 Å². The molecule has 0 unspecified atom stereocenters. The molecule has 2 heterocycles. The topological polar surface area (TPSA) is 82.6 Å². The van der Waals surface area contributed by atoms with Gasteiger partial charge in [-0.05, 0) is 43.4 Å². The first-order valence-electron chi connectivity index (χ1n) is 10.6. The molecule has 176 valence electrons. The van der Waals surface area contributed by atoms with Crippen LogP contribution >= 0.6 is 0 Å². The second-order valence-corrected chi connectivity index (χ2v) is 8.03. The molecule has 0 spiro atoms. The minimum absolute atomic E-state index is 0.0231. The Hall–Kier alpha value is -3.14. The van der Waals surface area contributed by atoms with Gasteiger partial charge in [-0.15, -0.1) is 0 Å². The molecule has 1 fully saturated rings. The van der Waals surface area contributed by atoms with E-state index >= 15 is 0 Å². The number of benzene rings is 1. The van der Waals surface area contributed by atoms with E-state index in [0.29, 0.717) is 30.9 Å². The smallest absolute Gasteiger partial charge is 0.422 e. The third kappa shape index (κ3) is 5.44. The lowest BCUT2D eigenvalue weighted by Gasteiger charge is -2.23. The third-order valence-corrected chi connectivity index (χ3v) is 5.47. The number of para-hydroxylation sites is 1. The monoisotopic (exact) mass is 463 g/mol. The van der Waals surface area contributed by atoms with Crippen LogP contribution in [0.4, 0.5) is 24.7 Å². The molecule has 1 saturated carbocycles. The average molecular weight is 463 g/mol. The molecule has 0 radical (unpaired) electrons. The Labute approximate surface area is 189 Å². The highest BCUT2D eigenvalue weighted by Crippen LogP contribution is 2.41. The number of hydrogen-bond acceptors (Lipinski definition) is 7. The van der Waals surface area contributed by atoms with Crippen LogP contribution in [-0.2, 0) is 9.47 Å². The molecule has 1 aromatic carbocycles. The summed E-state index contributed by atoms with van der Waals surface area (Å²) in [5.74, 6) is -0.329. The SMILES string of the molecule is COC(=O)c1nc(C2CC2)cnc1Nc1cccc(C2=C(C)COCC2)c1OCC(F)(F)F. The number of ether oxygens (including phenoxy) is 3. The molecule has 1 N–H and O–H groups in total. The van der Waals surface area contributed by atoms with Crippen LogP contribution in [0, 0.1) is 0 Å². The fraction of sp³-hybridized carbons (Fsp3) is 0.435. The van der Waals surface area contributed by atoms with Crippen molar-refractivity contribution in [2.75, 3.05) is 32.2 Å². The van der Waals surface area contributed by atoms with E-state index in [4.69, 9.17) is 14.2 Å². The van der Waals surface area contributed by atoms with Gasteiger partial charge in [0.2, 0.25) is 0 Å². The minimum atomic E-state index is -4.52. The molecule has 4 rings (SSSR count). The number of carbonyl (C=O) groups is 1. The quantitative estimate of drug-likeness (QED) is 0.578. The summed E-state index contributed by atoms with van der Waals surface area (Å²) in [5.41, 5.74) is 3.21. The normalized spacial score (nSPS) is 16.5. The predicted molar refractivity (Wildman–Crippen MR) is 115 cm³/mol. The Morgan fingerprint density at radius 2 is 2.09 bits per heavy atom. The zero-order valence-electron chi connectivity index (χ0n) is 18.3. The first-order valence-corrected chi connectivity index (χ1v) is 10.6. The van der Waals surface area contributed by atoms with Crippen LogP contribution in [0.2, 0.25) is 0 Å². The van der Waals surface area contributed by atoms with Crippen LogP contribution in [0.15, 0.2) is 30.0 Å². The van der Waals surface area contributed by atoms with E-state index in [1.54, 1.807) is 24.4 Å². The van der Waals surface area contributed by atoms with Crippen molar-refractivity contribution in [3.05, 3.63) is 46.9 Å². The number of rotatable bonds is 7. The van der Waals surface area contributed by atoms with Gasteiger partial charge in [-0.3, -0.25) is 0 Å². The van der Waals surface area contributed by atoms with Crippen molar-refractivity contribution in [1.82, 2.24) is 9.97 Å². The first kappa shape index (κ1) is 23.0. The molecule has 0 saturated heterocycles. The minimum Gasteiger partial charge on any atom is -0.481 e. The molecular weight excluding hydrogens is 439 g/mol. The summed E-state index contributed by atoms with van der Waals surface area (Å²) in [7, 11) is 1.23. The van der Waals surface area contributed by atoms with E-state index in [1.165, 1.54) is 7.11 Å².